The summed E-state index contributed by atoms with van der Waals surface area (Å²) in [5.74, 6) is -0.489. The molecule has 2 aromatic carbocycles. The van der Waals surface area contributed by atoms with Crippen molar-refractivity contribution in [2.24, 2.45) is 0 Å². The van der Waals surface area contributed by atoms with Crippen LogP contribution >= 0.6 is 0 Å². The van der Waals surface area contributed by atoms with Crippen LogP contribution < -0.4 is 0 Å². The number of nitrogens with zero attached hydrogens (tertiary/aromatic N) is 2. The minimum absolute atomic E-state index is 0.0156. The number of alkyl halides is 3. The molecule has 1 aliphatic rings. The molecule has 0 bridgehead atoms. The maximum atomic E-state index is 13.5. The van der Waals surface area contributed by atoms with Crippen molar-refractivity contribution in [1.82, 2.24) is 8.87 Å². The Labute approximate surface area is 165 Å². The van der Waals surface area contributed by atoms with Gasteiger partial charge in [-0.3, -0.25) is 0 Å². The number of hydrogen-bond donors (Lipinski definition) is 0. The molecular weight excluding hydrogens is 408 g/mol. The zero-order valence-corrected chi connectivity index (χ0v) is 15.8. The molecule has 152 valence electrons. The van der Waals surface area contributed by atoms with Crippen molar-refractivity contribution >= 4 is 10.0 Å². The van der Waals surface area contributed by atoms with Gasteiger partial charge in [-0.25, -0.2) is 12.8 Å². The molecule has 0 aliphatic carbocycles. The predicted molar refractivity (Wildman–Crippen MR) is 98.0 cm³/mol. The Kier molecular flexibility index (Phi) is 4.74. The third-order valence-corrected chi connectivity index (χ3v) is 6.88. The molecule has 2 heterocycles. The fraction of sp³-hybridized carbons (Fsp3) is 0.200. The van der Waals surface area contributed by atoms with Gasteiger partial charge < -0.3 is 4.57 Å². The molecule has 3 aromatic rings. The van der Waals surface area contributed by atoms with E-state index in [9.17, 15) is 26.0 Å². The largest absolute Gasteiger partial charge is 0.417 e. The van der Waals surface area contributed by atoms with Crippen molar-refractivity contribution in [2.75, 3.05) is 6.54 Å². The van der Waals surface area contributed by atoms with Crippen LogP contribution in [-0.4, -0.2) is 23.8 Å². The number of fused-ring (bicyclic) bond motifs is 1. The van der Waals surface area contributed by atoms with Gasteiger partial charge in [0.25, 0.3) is 0 Å². The minimum atomic E-state index is -4.81. The molecule has 0 N–H and O–H groups in total. The lowest BCUT2D eigenvalue weighted by atomic mass is 10.0. The predicted octanol–water partition coefficient (Wildman–Crippen LogP) is 4.44. The SMILES string of the molecule is O=S(=O)(c1ccccc1C(F)(F)F)N1CCn2cccc2C1c1ccc(F)cc1. The van der Waals surface area contributed by atoms with Crippen molar-refractivity contribution in [1.29, 1.82) is 0 Å². The number of benzene rings is 2. The Morgan fingerprint density at radius 1 is 0.897 bits per heavy atom. The molecule has 9 heteroatoms. The van der Waals surface area contributed by atoms with Gasteiger partial charge >= 0.3 is 6.18 Å². The van der Waals surface area contributed by atoms with Crippen LogP contribution in [-0.2, 0) is 22.7 Å². The summed E-state index contributed by atoms with van der Waals surface area (Å²) in [6.45, 7) is 0.283. The van der Waals surface area contributed by atoms with E-state index in [-0.39, 0.29) is 6.54 Å². The number of hydrogen-bond acceptors (Lipinski definition) is 2. The van der Waals surface area contributed by atoms with E-state index in [2.05, 4.69) is 0 Å². The van der Waals surface area contributed by atoms with E-state index in [0.717, 1.165) is 22.5 Å². The summed E-state index contributed by atoms with van der Waals surface area (Å²) < 4.78 is 83.5. The van der Waals surface area contributed by atoms with Gasteiger partial charge in [-0.15, -0.1) is 0 Å². The van der Waals surface area contributed by atoms with Crippen LogP contribution in [0.3, 0.4) is 0 Å². The van der Waals surface area contributed by atoms with Crippen LogP contribution in [0.5, 0.6) is 0 Å². The van der Waals surface area contributed by atoms with Gasteiger partial charge in [0.2, 0.25) is 10.0 Å². The molecule has 1 atom stereocenters. The molecule has 0 radical (unpaired) electrons. The maximum absolute atomic E-state index is 13.5. The molecule has 4 rings (SSSR count). The third-order valence-electron chi connectivity index (χ3n) is 4.96. The average molecular weight is 424 g/mol. The number of sulfonamides is 1. The molecule has 0 fully saturated rings. The summed E-state index contributed by atoms with van der Waals surface area (Å²) in [4.78, 5) is -0.792. The number of aromatic nitrogens is 1. The lowest BCUT2D eigenvalue weighted by Gasteiger charge is -2.36. The monoisotopic (exact) mass is 424 g/mol. The molecule has 1 aromatic heterocycles. The summed E-state index contributed by atoms with van der Waals surface area (Å²) >= 11 is 0. The summed E-state index contributed by atoms with van der Waals surface area (Å²) in [6.07, 6.45) is -3.04. The van der Waals surface area contributed by atoms with E-state index < -0.39 is 38.5 Å². The molecule has 0 saturated heterocycles. The fourth-order valence-electron chi connectivity index (χ4n) is 3.66. The Balaban J connectivity index is 1.88. The Hall–Kier alpha value is -2.65. The third kappa shape index (κ3) is 3.44. The molecule has 1 aliphatic heterocycles. The highest BCUT2D eigenvalue weighted by atomic mass is 32.2. The van der Waals surface area contributed by atoms with E-state index >= 15 is 0 Å². The van der Waals surface area contributed by atoms with Crippen molar-refractivity contribution in [2.45, 2.75) is 23.7 Å². The van der Waals surface area contributed by atoms with Gasteiger partial charge in [0.05, 0.1) is 16.5 Å². The van der Waals surface area contributed by atoms with Crippen LogP contribution in [0, 0.1) is 5.82 Å². The van der Waals surface area contributed by atoms with Crippen LogP contribution in [0.25, 0.3) is 0 Å². The minimum Gasteiger partial charge on any atom is -0.348 e. The first-order chi connectivity index (χ1) is 13.7. The second-order valence-electron chi connectivity index (χ2n) is 6.69. The van der Waals surface area contributed by atoms with Gasteiger partial charge in [-0.1, -0.05) is 24.3 Å². The summed E-state index contributed by atoms with van der Waals surface area (Å²) in [5.41, 5.74) is -0.131. The lowest BCUT2D eigenvalue weighted by molar-refractivity contribution is -0.139. The van der Waals surface area contributed by atoms with Crippen LogP contribution in [0.4, 0.5) is 17.6 Å². The van der Waals surface area contributed by atoms with E-state index in [0.29, 0.717) is 17.8 Å². The van der Waals surface area contributed by atoms with Gasteiger partial charge in [-0.05, 0) is 42.0 Å². The van der Waals surface area contributed by atoms with Crippen LogP contribution in [0.15, 0.2) is 71.8 Å². The van der Waals surface area contributed by atoms with E-state index in [1.165, 1.54) is 30.3 Å². The summed E-state index contributed by atoms with van der Waals surface area (Å²) in [6, 6.07) is 12.0. The number of rotatable bonds is 3. The average Bonchev–Trinajstić information content (AvgIpc) is 3.16. The molecule has 4 nitrogen and oxygen atoms in total. The highest BCUT2D eigenvalue weighted by Gasteiger charge is 2.42. The molecule has 29 heavy (non-hydrogen) atoms. The normalized spacial score (nSPS) is 17.9. The first kappa shape index (κ1) is 19.7. The van der Waals surface area contributed by atoms with Crippen molar-refractivity contribution in [3.8, 4) is 0 Å². The zero-order valence-electron chi connectivity index (χ0n) is 15.0. The molecule has 0 saturated carbocycles. The van der Waals surface area contributed by atoms with Crippen molar-refractivity contribution in [3.05, 3.63) is 89.5 Å². The van der Waals surface area contributed by atoms with Gasteiger partial charge in [0, 0.05) is 25.0 Å². The zero-order chi connectivity index (χ0) is 20.8. The molecular formula is C20H16F4N2O2S. The Bertz CT molecular complexity index is 1140. The smallest absolute Gasteiger partial charge is 0.348 e. The quantitative estimate of drug-likeness (QED) is 0.584. The van der Waals surface area contributed by atoms with Crippen LogP contribution in [0.2, 0.25) is 0 Å². The molecule has 0 amide bonds. The lowest BCUT2D eigenvalue weighted by Crippen LogP contribution is -2.42. The van der Waals surface area contributed by atoms with Gasteiger partial charge in [-0.2, -0.15) is 17.5 Å². The van der Waals surface area contributed by atoms with Gasteiger partial charge in [0.15, 0.2) is 0 Å². The Morgan fingerprint density at radius 2 is 1.59 bits per heavy atom. The first-order valence-electron chi connectivity index (χ1n) is 8.78. The van der Waals surface area contributed by atoms with Crippen molar-refractivity contribution < 1.29 is 26.0 Å². The van der Waals surface area contributed by atoms with Crippen LogP contribution in [0.1, 0.15) is 22.9 Å². The standard InChI is InChI=1S/C20H16F4N2O2S/c21-15-9-7-14(8-10-15)19-17-5-3-11-25(17)12-13-26(19)29(27,28)18-6-2-1-4-16(18)20(22,23)24/h1-11,19H,12-13H2. The van der Waals surface area contributed by atoms with Crippen molar-refractivity contribution in [3.63, 3.8) is 0 Å². The first-order valence-corrected chi connectivity index (χ1v) is 10.2. The second kappa shape index (κ2) is 7.00. The van der Waals surface area contributed by atoms with E-state index in [1.54, 1.807) is 18.3 Å². The molecule has 1 unspecified atom stereocenters. The maximum Gasteiger partial charge on any atom is 0.417 e. The summed E-state index contributed by atoms with van der Waals surface area (Å²) in [7, 11) is -4.50. The highest BCUT2D eigenvalue weighted by molar-refractivity contribution is 7.89. The molecule has 0 spiro atoms. The fourth-order valence-corrected chi connectivity index (χ4v) is 5.45. The second-order valence-corrected chi connectivity index (χ2v) is 8.55. The van der Waals surface area contributed by atoms with Gasteiger partial charge in [0.1, 0.15) is 5.82 Å². The van der Waals surface area contributed by atoms with E-state index in [1.807, 2.05) is 4.57 Å². The highest BCUT2D eigenvalue weighted by Crippen LogP contribution is 2.40. The topological polar surface area (TPSA) is 42.3 Å². The Morgan fingerprint density at radius 3 is 2.28 bits per heavy atom. The van der Waals surface area contributed by atoms with E-state index in [4.69, 9.17) is 0 Å². The summed E-state index contributed by atoms with van der Waals surface area (Å²) in [5, 5.41) is 0. The number of halogens is 4.